The summed E-state index contributed by atoms with van der Waals surface area (Å²) in [4.78, 5) is 19.7. The Morgan fingerprint density at radius 3 is 2.94 bits per heavy atom. The fraction of sp³-hybridized carbons (Fsp3) is 0.182. The topological polar surface area (TPSA) is 59.8 Å². The minimum Gasteiger partial charge on any atom is -0.329 e. The second kappa shape index (κ2) is 4.57. The van der Waals surface area contributed by atoms with Crippen molar-refractivity contribution in [1.29, 1.82) is 0 Å². The van der Waals surface area contributed by atoms with Crippen LogP contribution >= 0.6 is 0 Å². The summed E-state index contributed by atoms with van der Waals surface area (Å²) in [7, 11) is 0. The molecule has 2 aromatic heterocycles. The highest BCUT2D eigenvalue weighted by Gasteiger charge is 2.10. The summed E-state index contributed by atoms with van der Waals surface area (Å²) in [5.74, 6) is 0. The molecule has 0 saturated heterocycles. The molecular weight excluding hydrogens is 204 g/mol. The Balaban J connectivity index is 2.03. The third-order valence-corrected chi connectivity index (χ3v) is 2.21. The van der Waals surface area contributed by atoms with Crippen LogP contribution in [0.25, 0.3) is 0 Å². The number of hydrogen-bond donors (Lipinski definition) is 1. The zero-order valence-corrected chi connectivity index (χ0v) is 8.87. The molecule has 1 unspecified atom stereocenters. The van der Waals surface area contributed by atoms with Crippen LogP contribution in [-0.2, 0) is 0 Å². The zero-order chi connectivity index (χ0) is 11.4. The van der Waals surface area contributed by atoms with E-state index in [0.29, 0.717) is 0 Å². The molecule has 2 aromatic rings. The number of hydrogen-bond acceptors (Lipinski definition) is 3. The lowest BCUT2D eigenvalue weighted by molar-refractivity contribution is 0.239. The lowest BCUT2D eigenvalue weighted by Gasteiger charge is -2.12. The van der Waals surface area contributed by atoms with Gasteiger partial charge in [-0.3, -0.25) is 9.55 Å². The average Bonchev–Trinajstić information content (AvgIpc) is 2.83. The van der Waals surface area contributed by atoms with Crippen LogP contribution in [0.15, 0.2) is 43.1 Å². The van der Waals surface area contributed by atoms with E-state index in [4.69, 9.17) is 0 Å². The van der Waals surface area contributed by atoms with Gasteiger partial charge in [-0.25, -0.2) is 9.78 Å². The molecule has 2 heterocycles. The van der Waals surface area contributed by atoms with Crippen LogP contribution in [0.5, 0.6) is 0 Å². The van der Waals surface area contributed by atoms with Gasteiger partial charge in [-0.15, -0.1) is 0 Å². The Morgan fingerprint density at radius 2 is 2.31 bits per heavy atom. The van der Waals surface area contributed by atoms with Gasteiger partial charge in [-0.2, -0.15) is 0 Å². The molecule has 16 heavy (non-hydrogen) atoms. The third-order valence-electron chi connectivity index (χ3n) is 2.21. The van der Waals surface area contributed by atoms with E-state index < -0.39 is 0 Å². The van der Waals surface area contributed by atoms with Crippen LogP contribution < -0.4 is 5.32 Å². The number of rotatable bonds is 2. The summed E-state index contributed by atoms with van der Waals surface area (Å²) in [5.41, 5.74) is 0.830. The molecule has 1 atom stereocenters. The Labute approximate surface area is 93.2 Å². The second-order valence-corrected chi connectivity index (χ2v) is 3.40. The number of carbonyl (C=O) groups is 1. The molecule has 0 aliphatic heterocycles. The van der Waals surface area contributed by atoms with Crippen molar-refractivity contribution in [2.45, 2.75) is 13.0 Å². The fourth-order valence-electron chi connectivity index (χ4n) is 1.35. The van der Waals surface area contributed by atoms with Crippen LogP contribution in [0.1, 0.15) is 18.7 Å². The number of imidazole rings is 1. The first-order chi connectivity index (χ1) is 7.77. The Hall–Kier alpha value is -2.17. The van der Waals surface area contributed by atoms with Gasteiger partial charge >= 0.3 is 6.03 Å². The van der Waals surface area contributed by atoms with Crippen molar-refractivity contribution in [2.75, 3.05) is 0 Å². The Bertz CT molecular complexity index is 452. The Kier molecular flexibility index (Phi) is 2.95. The fourth-order valence-corrected chi connectivity index (χ4v) is 1.35. The number of nitrogens with one attached hydrogen (secondary N) is 1. The average molecular weight is 216 g/mol. The summed E-state index contributed by atoms with van der Waals surface area (Å²) in [6.07, 6.45) is 6.32. The van der Waals surface area contributed by atoms with Gasteiger partial charge in [0.15, 0.2) is 0 Å². The van der Waals surface area contributed by atoms with Crippen molar-refractivity contribution >= 4 is 6.03 Å². The number of nitrogens with zero attached hydrogens (tertiary/aromatic N) is 3. The lowest BCUT2D eigenvalue weighted by Crippen LogP contribution is -2.30. The van der Waals surface area contributed by atoms with Crippen LogP contribution in [0, 0.1) is 0 Å². The summed E-state index contributed by atoms with van der Waals surface area (Å²) >= 11 is 0. The quantitative estimate of drug-likeness (QED) is 0.829. The van der Waals surface area contributed by atoms with E-state index in [1.807, 2.05) is 25.1 Å². The van der Waals surface area contributed by atoms with Crippen molar-refractivity contribution in [3.05, 3.63) is 48.8 Å². The maximum atomic E-state index is 11.7. The van der Waals surface area contributed by atoms with Gasteiger partial charge in [0.05, 0.1) is 11.7 Å². The summed E-state index contributed by atoms with van der Waals surface area (Å²) in [5, 5.41) is 2.82. The summed E-state index contributed by atoms with van der Waals surface area (Å²) < 4.78 is 1.39. The highest BCUT2D eigenvalue weighted by Crippen LogP contribution is 2.07. The molecule has 0 aliphatic rings. The van der Waals surface area contributed by atoms with E-state index in [1.165, 1.54) is 10.9 Å². The molecule has 82 valence electrons. The smallest absolute Gasteiger partial charge is 0.327 e. The van der Waals surface area contributed by atoms with Crippen molar-refractivity contribution in [1.82, 2.24) is 19.9 Å². The largest absolute Gasteiger partial charge is 0.329 e. The molecule has 0 aromatic carbocycles. The maximum absolute atomic E-state index is 11.7. The SMILES string of the molecule is CC(NC(=O)n1ccnc1)c1ccccn1. The highest BCUT2D eigenvalue weighted by atomic mass is 16.2. The van der Waals surface area contributed by atoms with E-state index in [-0.39, 0.29) is 12.1 Å². The van der Waals surface area contributed by atoms with Crippen molar-refractivity contribution in [2.24, 2.45) is 0 Å². The highest BCUT2D eigenvalue weighted by molar-refractivity contribution is 5.76. The molecule has 1 N–H and O–H groups in total. The van der Waals surface area contributed by atoms with E-state index >= 15 is 0 Å². The van der Waals surface area contributed by atoms with Gasteiger partial charge in [0.2, 0.25) is 0 Å². The molecule has 5 heteroatoms. The number of amides is 1. The van der Waals surface area contributed by atoms with Crippen LogP contribution in [0.2, 0.25) is 0 Å². The molecule has 0 bridgehead atoms. The van der Waals surface area contributed by atoms with E-state index in [1.54, 1.807) is 18.6 Å². The maximum Gasteiger partial charge on any atom is 0.327 e. The lowest BCUT2D eigenvalue weighted by atomic mass is 10.2. The van der Waals surface area contributed by atoms with E-state index in [2.05, 4.69) is 15.3 Å². The first-order valence-corrected chi connectivity index (χ1v) is 4.97. The third kappa shape index (κ3) is 2.25. The molecule has 0 radical (unpaired) electrons. The monoisotopic (exact) mass is 216 g/mol. The molecule has 0 fully saturated rings. The molecule has 2 rings (SSSR count). The first kappa shape index (κ1) is 10.4. The van der Waals surface area contributed by atoms with E-state index in [9.17, 15) is 4.79 Å². The zero-order valence-electron chi connectivity index (χ0n) is 8.87. The second-order valence-electron chi connectivity index (χ2n) is 3.40. The minimum absolute atomic E-state index is 0.129. The predicted octanol–water partition coefficient (Wildman–Crippen LogP) is 1.60. The van der Waals surface area contributed by atoms with Crippen molar-refractivity contribution in [3.8, 4) is 0 Å². The normalized spacial score (nSPS) is 12.1. The van der Waals surface area contributed by atoms with Gasteiger partial charge in [0.25, 0.3) is 0 Å². The molecule has 0 spiro atoms. The number of carbonyl (C=O) groups excluding carboxylic acids is 1. The van der Waals surface area contributed by atoms with Crippen LogP contribution in [-0.4, -0.2) is 20.6 Å². The van der Waals surface area contributed by atoms with Gasteiger partial charge in [-0.05, 0) is 19.1 Å². The molecule has 0 aliphatic carbocycles. The number of pyridine rings is 1. The van der Waals surface area contributed by atoms with Gasteiger partial charge in [0.1, 0.15) is 6.33 Å². The minimum atomic E-state index is -0.212. The number of aromatic nitrogens is 3. The van der Waals surface area contributed by atoms with Crippen LogP contribution in [0.3, 0.4) is 0 Å². The van der Waals surface area contributed by atoms with Crippen molar-refractivity contribution < 1.29 is 4.79 Å². The predicted molar refractivity (Wildman–Crippen MR) is 58.8 cm³/mol. The van der Waals surface area contributed by atoms with Crippen LogP contribution in [0.4, 0.5) is 4.79 Å². The van der Waals surface area contributed by atoms with Gasteiger partial charge < -0.3 is 5.32 Å². The van der Waals surface area contributed by atoms with Gasteiger partial charge in [0, 0.05) is 18.6 Å². The van der Waals surface area contributed by atoms with Gasteiger partial charge in [-0.1, -0.05) is 6.07 Å². The Morgan fingerprint density at radius 1 is 1.44 bits per heavy atom. The molecule has 5 nitrogen and oxygen atoms in total. The van der Waals surface area contributed by atoms with E-state index in [0.717, 1.165) is 5.69 Å². The molecule has 0 saturated carbocycles. The van der Waals surface area contributed by atoms with Crippen molar-refractivity contribution in [3.63, 3.8) is 0 Å². The molecule has 1 amide bonds. The summed E-state index contributed by atoms with van der Waals surface area (Å²) in [6, 6.07) is 5.27. The first-order valence-electron chi connectivity index (χ1n) is 4.97. The standard InChI is InChI=1S/C11H12N4O/c1-9(10-4-2-3-5-13-10)14-11(16)15-7-6-12-8-15/h2-9H,1H3,(H,14,16). The molecular formula is C11H12N4O. The summed E-state index contributed by atoms with van der Waals surface area (Å²) in [6.45, 7) is 1.89.